The lowest BCUT2D eigenvalue weighted by atomic mass is 10.1. The van der Waals surface area contributed by atoms with Crippen LogP contribution < -0.4 is 10.6 Å². The minimum Gasteiger partial charge on any atom is -0.371 e. The fourth-order valence-corrected chi connectivity index (χ4v) is 2.80. The van der Waals surface area contributed by atoms with Crippen LogP contribution in [0.2, 0.25) is 5.02 Å². The van der Waals surface area contributed by atoms with Gasteiger partial charge in [-0.05, 0) is 24.1 Å². The normalized spacial score (nSPS) is 17.9. The van der Waals surface area contributed by atoms with E-state index in [1.807, 2.05) is 31.2 Å². The maximum atomic E-state index is 12.2. The molecular weight excluding hydrogens is 316 g/mol. The van der Waals surface area contributed by atoms with Crippen LogP contribution in [0.3, 0.4) is 0 Å². The number of ether oxygens (including phenoxy) is 1. The molecule has 2 heterocycles. The molecule has 1 amide bonds. The predicted molar refractivity (Wildman–Crippen MR) is 88.9 cm³/mol. The maximum Gasteiger partial charge on any atom is 0.277 e. The maximum absolute atomic E-state index is 12.2. The summed E-state index contributed by atoms with van der Waals surface area (Å²) in [5.41, 5.74) is 2.75. The summed E-state index contributed by atoms with van der Waals surface area (Å²) in [4.78, 5) is 12.2. The Morgan fingerprint density at radius 2 is 2.22 bits per heavy atom. The predicted octanol–water partition coefficient (Wildman–Crippen LogP) is 2.54. The van der Waals surface area contributed by atoms with Gasteiger partial charge < -0.3 is 15.4 Å². The first-order valence-electron chi connectivity index (χ1n) is 7.65. The molecule has 0 saturated carbocycles. The standard InChI is InChI=1S/C16H19ClN4O2/c1-2-12-14(17)15(21-20-12)16(22)19-11-5-3-10(4-6-11)13-9-18-7-8-23-13/h3-6,13,18H,2,7-9H2,1H3,(H,19,22)(H,20,21)/t13-/m1/s1. The highest BCUT2D eigenvalue weighted by molar-refractivity contribution is 6.34. The zero-order chi connectivity index (χ0) is 16.2. The highest BCUT2D eigenvalue weighted by Crippen LogP contribution is 2.22. The third-order valence-corrected chi connectivity index (χ3v) is 4.22. The molecule has 0 aliphatic carbocycles. The summed E-state index contributed by atoms with van der Waals surface area (Å²) in [5.74, 6) is -0.325. The number of aryl methyl sites for hydroxylation is 1. The Balaban J connectivity index is 1.67. The third-order valence-electron chi connectivity index (χ3n) is 3.81. The van der Waals surface area contributed by atoms with E-state index in [0.717, 1.165) is 24.3 Å². The van der Waals surface area contributed by atoms with E-state index in [9.17, 15) is 4.79 Å². The topological polar surface area (TPSA) is 79.0 Å². The van der Waals surface area contributed by atoms with Crippen LogP contribution in [0.15, 0.2) is 24.3 Å². The molecule has 122 valence electrons. The van der Waals surface area contributed by atoms with Crippen LogP contribution in [0.25, 0.3) is 0 Å². The number of hydrogen-bond acceptors (Lipinski definition) is 4. The van der Waals surface area contributed by atoms with Crippen molar-refractivity contribution in [2.45, 2.75) is 19.4 Å². The SMILES string of the molecule is CCc1[nH]nc(C(=O)Nc2ccc([C@H]3CNCCO3)cc2)c1Cl. The van der Waals surface area contributed by atoms with E-state index >= 15 is 0 Å². The van der Waals surface area contributed by atoms with Gasteiger partial charge in [0.05, 0.1) is 23.4 Å². The molecule has 1 aromatic carbocycles. The van der Waals surface area contributed by atoms with Crippen LogP contribution in [-0.4, -0.2) is 35.8 Å². The van der Waals surface area contributed by atoms with Crippen LogP contribution >= 0.6 is 11.6 Å². The highest BCUT2D eigenvalue weighted by Gasteiger charge is 2.18. The first-order chi connectivity index (χ1) is 11.2. The van der Waals surface area contributed by atoms with E-state index in [0.29, 0.717) is 23.7 Å². The summed E-state index contributed by atoms with van der Waals surface area (Å²) in [6.07, 6.45) is 0.755. The third kappa shape index (κ3) is 3.55. The lowest BCUT2D eigenvalue weighted by Gasteiger charge is -2.24. The van der Waals surface area contributed by atoms with Gasteiger partial charge in [-0.1, -0.05) is 30.7 Å². The lowest BCUT2D eigenvalue weighted by Crippen LogP contribution is -2.33. The molecule has 1 fully saturated rings. The first kappa shape index (κ1) is 16.0. The zero-order valence-corrected chi connectivity index (χ0v) is 13.6. The number of halogens is 1. The van der Waals surface area contributed by atoms with Gasteiger partial charge in [-0.2, -0.15) is 5.10 Å². The van der Waals surface area contributed by atoms with Gasteiger partial charge in [-0.25, -0.2) is 0 Å². The number of carbonyl (C=O) groups excluding carboxylic acids is 1. The van der Waals surface area contributed by atoms with Crippen molar-refractivity contribution in [3.8, 4) is 0 Å². The average molecular weight is 335 g/mol. The van der Waals surface area contributed by atoms with Gasteiger partial charge >= 0.3 is 0 Å². The van der Waals surface area contributed by atoms with Crippen molar-refractivity contribution in [2.75, 3.05) is 25.0 Å². The fraction of sp³-hybridized carbons (Fsp3) is 0.375. The van der Waals surface area contributed by atoms with Gasteiger partial charge in [0.1, 0.15) is 0 Å². The molecule has 23 heavy (non-hydrogen) atoms. The summed E-state index contributed by atoms with van der Waals surface area (Å²) >= 11 is 6.13. The Morgan fingerprint density at radius 3 is 2.83 bits per heavy atom. The second kappa shape index (κ2) is 7.12. The second-order valence-electron chi connectivity index (χ2n) is 5.36. The van der Waals surface area contributed by atoms with Crippen molar-refractivity contribution in [3.63, 3.8) is 0 Å². The fourth-order valence-electron chi connectivity index (χ4n) is 2.50. The smallest absolute Gasteiger partial charge is 0.277 e. The summed E-state index contributed by atoms with van der Waals surface area (Å²) < 4.78 is 5.70. The molecule has 1 atom stereocenters. The van der Waals surface area contributed by atoms with E-state index in [1.165, 1.54) is 0 Å². The number of aromatic nitrogens is 2. The van der Waals surface area contributed by atoms with E-state index in [-0.39, 0.29) is 17.7 Å². The second-order valence-corrected chi connectivity index (χ2v) is 5.74. The van der Waals surface area contributed by atoms with Crippen LogP contribution in [-0.2, 0) is 11.2 Å². The number of carbonyl (C=O) groups is 1. The van der Waals surface area contributed by atoms with E-state index < -0.39 is 0 Å². The number of amides is 1. The Morgan fingerprint density at radius 1 is 1.43 bits per heavy atom. The van der Waals surface area contributed by atoms with Crippen molar-refractivity contribution < 1.29 is 9.53 Å². The van der Waals surface area contributed by atoms with Crippen molar-refractivity contribution in [1.82, 2.24) is 15.5 Å². The molecule has 1 aliphatic heterocycles. The summed E-state index contributed by atoms with van der Waals surface area (Å²) in [6.45, 7) is 4.34. The number of benzene rings is 1. The van der Waals surface area contributed by atoms with Crippen molar-refractivity contribution in [3.05, 3.63) is 46.2 Å². The Bertz CT molecular complexity index is 678. The first-order valence-corrected chi connectivity index (χ1v) is 8.03. The van der Waals surface area contributed by atoms with E-state index in [4.69, 9.17) is 16.3 Å². The van der Waals surface area contributed by atoms with Gasteiger partial charge in [0.2, 0.25) is 0 Å². The number of anilines is 1. The van der Waals surface area contributed by atoms with Gasteiger partial charge in [0, 0.05) is 18.8 Å². The Hall–Kier alpha value is -1.89. The molecule has 0 unspecified atom stereocenters. The zero-order valence-electron chi connectivity index (χ0n) is 12.9. The van der Waals surface area contributed by atoms with Gasteiger partial charge in [-0.3, -0.25) is 9.89 Å². The quantitative estimate of drug-likeness (QED) is 0.802. The molecule has 1 aromatic heterocycles. The van der Waals surface area contributed by atoms with Crippen LogP contribution in [0.1, 0.15) is 34.8 Å². The minimum absolute atomic E-state index is 0.0569. The molecule has 2 aromatic rings. The van der Waals surface area contributed by atoms with E-state index in [1.54, 1.807) is 0 Å². The molecule has 1 saturated heterocycles. The summed E-state index contributed by atoms with van der Waals surface area (Å²) in [6, 6.07) is 7.62. The van der Waals surface area contributed by atoms with Crippen molar-refractivity contribution in [2.24, 2.45) is 0 Å². The number of nitrogens with zero attached hydrogens (tertiary/aromatic N) is 1. The number of H-pyrrole nitrogens is 1. The summed E-state index contributed by atoms with van der Waals surface area (Å²) in [7, 11) is 0. The monoisotopic (exact) mass is 334 g/mol. The minimum atomic E-state index is -0.325. The number of aromatic amines is 1. The Kier molecular flexibility index (Phi) is 4.95. The number of rotatable bonds is 4. The van der Waals surface area contributed by atoms with Gasteiger partial charge in [0.25, 0.3) is 5.91 Å². The van der Waals surface area contributed by atoms with Crippen LogP contribution in [0, 0.1) is 0 Å². The molecule has 3 rings (SSSR count). The average Bonchev–Trinajstić information content (AvgIpc) is 2.97. The molecule has 0 radical (unpaired) electrons. The largest absolute Gasteiger partial charge is 0.371 e. The molecular formula is C16H19ClN4O2. The van der Waals surface area contributed by atoms with Crippen LogP contribution in [0.4, 0.5) is 5.69 Å². The molecule has 3 N–H and O–H groups in total. The molecule has 6 nitrogen and oxygen atoms in total. The van der Waals surface area contributed by atoms with E-state index in [2.05, 4.69) is 20.8 Å². The van der Waals surface area contributed by atoms with Crippen LogP contribution in [0.5, 0.6) is 0 Å². The van der Waals surface area contributed by atoms with Gasteiger partial charge in [0.15, 0.2) is 5.69 Å². The number of nitrogens with one attached hydrogen (secondary N) is 3. The number of morpholine rings is 1. The summed E-state index contributed by atoms with van der Waals surface area (Å²) in [5, 5.41) is 13.2. The Labute approximate surface area is 139 Å². The van der Waals surface area contributed by atoms with Crippen molar-refractivity contribution in [1.29, 1.82) is 0 Å². The molecule has 1 aliphatic rings. The van der Waals surface area contributed by atoms with Gasteiger partial charge in [-0.15, -0.1) is 0 Å². The molecule has 0 bridgehead atoms. The highest BCUT2D eigenvalue weighted by atomic mass is 35.5. The molecule has 0 spiro atoms. The lowest BCUT2D eigenvalue weighted by molar-refractivity contribution is 0.0277. The van der Waals surface area contributed by atoms with Crippen molar-refractivity contribution >= 4 is 23.2 Å². The number of hydrogen-bond donors (Lipinski definition) is 3. The molecule has 7 heteroatoms.